The van der Waals surface area contributed by atoms with E-state index in [9.17, 15) is 9.90 Å². The van der Waals surface area contributed by atoms with Gasteiger partial charge in [0.15, 0.2) is 0 Å². The molecule has 19 heavy (non-hydrogen) atoms. The van der Waals surface area contributed by atoms with Gasteiger partial charge in [0.25, 0.3) is 0 Å². The molecule has 1 aromatic carbocycles. The minimum Gasteiger partial charge on any atom is -0.481 e. The number of aliphatic carboxylic acids is 1. The molecule has 0 amide bonds. The average Bonchev–Trinajstić information content (AvgIpc) is 2.38. The molecule has 2 fully saturated rings. The van der Waals surface area contributed by atoms with Crippen molar-refractivity contribution < 1.29 is 9.90 Å². The predicted molar refractivity (Wildman–Crippen MR) is 78.3 cm³/mol. The van der Waals surface area contributed by atoms with Crippen LogP contribution in [0.15, 0.2) is 28.7 Å². The third-order valence-electron chi connectivity index (χ3n) is 4.40. The van der Waals surface area contributed by atoms with Crippen LogP contribution in [0.4, 0.5) is 5.69 Å². The lowest BCUT2D eigenvalue weighted by atomic mass is 9.72. The summed E-state index contributed by atoms with van der Waals surface area (Å²) >= 11 is 3.46. The molecule has 2 unspecified atom stereocenters. The highest BCUT2D eigenvalue weighted by atomic mass is 79.9. The first-order chi connectivity index (χ1) is 9.11. The smallest absolute Gasteiger partial charge is 0.306 e. The second-order valence-corrected chi connectivity index (χ2v) is 6.77. The molecule has 3 nitrogen and oxygen atoms in total. The summed E-state index contributed by atoms with van der Waals surface area (Å²) in [4.78, 5) is 13.6. The van der Waals surface area contributed by atoms with Crippen LogP contribution < -0.4 is 4.90 Å². The number of piperidine rings is 1. The van der Waals surface area contributed by atoms with Crippen molar-refractivity contribution in [1.29, 1.82) is 0 Å². The van der Waals surface area contributed by atoms with Gasteiger partial charge in [-0.25, -0.2) is 0 Å². The molecule has 0 aromatic heterocycles. The molecule has 102 valence electrons. The van der Waals surface area contributed by atoms with E-state index in [1.165, 1.54) is 12.1 Å². The quantitative estimate of drug-likeness (QED) is 0.907. The second-order valence-electron chi connectivity index (χ2n) is 5.86. The zero-order valence-electron chi connectivity index (χ0n) is 10.8. The predicted octanol–water partition coefficient (Wildman–Crippen LogP) is 3.39. The topological polar surface area (TPSA) is 40.5 Å². The van der Waals surface area contributed by atoms with Crippen molar-refractivity contribution in [3.05, 3.63) is 28.7 Å². The SMILES string of the molecule is O=C(O)C1CC2CC(C1)CN(c1ccc(Br)cc1)C2. The first-order valence-electron chi connectivity index (χ1n) is 6.85. The van der Waals surface area contributed by atoms with Crippen LogP contribution >= 0.6 is 15.9 Å². The molecular formula is C15H18BrNO2. The lowest BCUT2D eigenvalue weighted by molar-refractivity contribution is -0.144. The zero-order chi connectivity index (χ0) is 13.4. The Bertz CT molecular complexity index is 460. The van der Waals surface area contributed by atoms with Crippen molar-refractivity contribution in [1.82, 2.24) is 0 Å². The first-order valence-corrected chi connectivity index (χ1v) is 7.64. The van der Waals surface area contributed by atoms with Crippen molar-refractivity contribution in [3.8, 4) is 0 Å². The number of benzene rings is 1. The summed E-state index contributed by atoms with van der Waals surface area (Å²) in [6.45, 7) is 2.00. The van der Waals surface area contributed by atoms with E-state index in [-0.39, 0.29) is 5.92 Å². The van der Waals surface area contributed by atoms with Crippen LogP contribution in [0.5, 0.6) is 0 Å². The van der Waals surface area contributed by atoms with E-state index in [0.29, 0.717) is 11.8 Å². The van der Waals surface area contributed by atoms with Gasteiger partial charge in [0.1, 0.15) is 0 Å². The van der Waals surface area contributed by atoms with Gasteiger partial charge in [0.2, 0.25) is 0 Å². The van der Waals surface area contributed by atoms with Gasteiger partial charge in [-0.2, -0.15) is 0 Å². The van der Waals surface area contributed by atoms with E-state index >= 15 is 0 Å². The van der Waals surface area contributed by atoms with Crippen molar-refractivity contribution >= 4 is 27.6 Å². The van der Waals surface area contributed by atoms with Gasteiger partial charge in [-0.05, 0) is 55.4 Å². The van der Waals surface area contributed by atoms with E-state index in [2.05, 4.69) is 45.1 Å². The molecule has 1 aliphatic heterocycles. The lowest BCUT2D eigenvalue weighted by Gasteiger charge is -2.44. The molecule has 2 bridgehead atoms. The van der Waals surface area contributed by atoms with Crippen LogP contribution in [0.1, 0.15) is 19.3 Å². The molecule has 1 aliphatic carbocycles. The first kappa shape index (κ1) is 13.0. The summed E-state index contributed by atoms with van der Waals surface area (Å²) < 4.78 is 1.10. The minimum absolute atomic E-state index is 0.115. The summed E-state index contributed by atoms with van der Waals surface area (Å²) in [5.74, 6) is 0.358. The molecule has 0 radical (unpaired) electrons. The van der Waals surface area contributed by atoms with Gasteiger partial charge in [-0.15, -0.1) is 0 Å². The van der Waals surface area contributed by atoms with Gasteiger partial charge in [0, 0.05) is 23.2 Å². The molecule has 1 aromatic rings. The Balaban J connectivity index is 1.72. The molecule has 1 N–H and O–H groups in total. The summed E-state index contributed by atoms with van der Waals surface area (Å²) in [6, 6.07) is 8.42. The van der Waals surface area contributed by atoms with E-state index < -0.39 is 5.97 Å². The molecule has 4 heteroatoms. The summed E-state index contributed by atoms with van der Waals surface area (Å²) in [7, 11) is 0. The highest BCUT2D eigenvalue weighted by molar-refractivity contribution is 9.10. The number of rotatable bonds is 2. The largest absolute Gasteiger partial charge is 0.481 e. The molecule has 1 saturated carbocycles. The number of carbonyl (C=O) groups is 1. The molecule has 1 heterocycles. The van der Waals surface area contributed by atoms with Crippen molar-refractivity contribution in [2.24, 2.45) is 17.8 Å². The van der Waals surface area contributed by atoms with Crippen LogP contribution in [0.25, 0.3) is 0 Å². The lowest BCUT2D eigenvalue weighted by Crippen LogP contribution is -2.45. The van der Waals surface area contributed by atoms with Gasteiger partial charge >= 0.3 is 5.97 Å². The Morgan fingerprint density at radius 3 is 2.21 bits per heavy atom. The van der Waals surface area contributed by atoms with Gasteiger partial charge < -0.3 is 10.0 Å². The number of carboxylic acids is 1. The third kappa shape index (κ3) is 2.78. The number of halogens is 1. The molecule has 3 rings (SSSR count). The Labute approximate surface area is 121 Å². The van der Waals surface area contributed by atoms with Crippen LogP contribution in [0.3, 0.4) is 0 Å². The maximum Gasteiger partial charge on any atom is 0.306 e. The fraction of sp³-hybridized carbons (Fsp3) is 0.533. The van der Waals surface area contributed by atoms with Crippen molar-refractivity contribution in [3.63, 3.8) is 0 Å². The summed E-state index contributed by atoms with van der Waals surface area (Å²) in [6.07, 6.45) is 2.90. The maximum atomic E-state index is 11.2. The molecule has 2 atom stereocenters. The second kappa shape index (κ2) is 5.16. The number of carboxylic acid groups (broad SMARTS) is 1. The van der Waals surface area contributed by atoms with E-state index in [4.69, 9.17) is 0 Å². The molecule has 2 aliphatic rings. The van der Waals surface area contributed by atoms with Crippen molar-refractivity contribution in [2.75, 3.05) is 18.0 Å². The van der Waals surface area contributed by atoms with Crippen LogP contribution in [-0.4, -0.2) is 24.2 Å². The van der Waals surface area contributed by atoms with Gasteiger partial charge in [-0.1, -0.05) is 15.9 Å². The third-order valence-corrected chi connectivity index (χ3v) is 4.93. The number of hydrogen-bond donors (Lipinski definition) is 1. The number of anilines is 1. The Kier molecular flexibility index (Phi) is 3.52. The summed E-state index contributed by atoms with van der Waals surface area (Å²) in [5, 5.41) is 9.19. The number of nitrogens with zero attached hydrogens (tertiary/aromatic N) is 1. The van der Waals surface area contributed by atoms with Crippen molar-refractivity contribution in [2.45, 2.75) is 19.3 Å². The molecule has 1 saturated heterocycles. The highest BCUT2D eigenvalue weighted by Crippen LogP contribution is 2.39. The fourth-order valence-corrected chi connectivity index (χ4v) is 3.89. The number of fused-ring (bicyclic) bond motifs is 2. The number of hydrogen-bond acceptors (Lipinski definition) is 2. The Hall–Kier alpha value is -1.03. The minimum atomic E-state index is -0.605. The standard InChI is InChI=1S/C15H18BrNO2/c16-13-1-3-14(4-2-13)17-8-10-5-11(9-17)7-12(6-10)15(18)19/h1-4,10-12H,5-9H2,(H,18,19). The van der Waals surface area contributed by atoms with E-state index in [1.807, 2.05) is 0 Å². The molecule has 0 spiro atoms. The average molecular weight is 324 g/mol. The fourth-order valence-electron chi connectivity index (χ4n) is 3.63. The van der Waals surface area contributed by atoms with Crippen LogP contribution in [0, 0.1) is 17.8 Å². The van der Waals surface area contributed by atoms with Crippen LogP contribution in [-0.2, 0) is 4.79 Å². The van der Waals surface area contributed by atoms with Gasteiger partial charge in [-0.3, -0.25) is 4.79 Å². The van der Waals surface area contributed by atoms with Crippen LogP contribution in [0.2, 0.25) is 0 Å². The van der Waals surface area contributed by atoms with E-state index in [0.717, 1.165) is 30.4 Å². The highest BCUT2D eigenvalue weighted by Gasteiger charge is 2.37. The monoisotopic (exact) mass is 323 g/mol. The zero-order valence-corrected chi connectivity index (χ0v) is 12.3. The van der Waals surface area contributed by atoms with Gasteiger partial charge in [0.05, 0.1) is 5.92 Å². The molecular weight excluding hydrogens is 306 g/mol. The maximum absolute atomic E-state index is 11.2. The normalized spacial score (nSPS) is 30.2. The Morgan fingerprint density at radius 1 is 1.11 bits per heavy atom. The van der Waals surface area contributed by atoms with E-state index in [1.54, 1.807) is 0 Å². The summed E-state index contributed by atoms with van der Waals surface area (Å²) in [5.41, 5.74) is 1.26. The Morgan fingerprint density at radius 2 is 1.68 bits per heavy atom.